The Bertz CT molecular complexity index is 177. The van der Waals surface area contributed by atoms with E-state index in [1.165, 1.54) is 57.9 Å². The Morgan fingerprint density at radius 3 is 2.61 bits per heavy atom. The quantitative estimate of drug-likeness (QED) is 0.685. The first kappa shape index (κ1) is 14.3. The van der Waals surface area contributed by atoms with Crippen LogP contribution in [0.5, 0.6) is 0 Å². The van der Waals surface area contributed by atoms with Gasteiger partial charge in [0.1, 0.15) is 0 Å². The Balaban J connectivity index is 1.39. The van der Waals surface area contributed by atoms with Gasteiger partial charge in [0.25, 0.3) is 0 Å². The molecule has 0 bridgehead atoms. The lowest BCUT2D eigenvalue weighted by atomic mass is 9.98. The Morgan fingerprint density at radius 1 is 1.00 bits per heavy atom. The van der Waals surface area contributed by atoms with Gasteiger partial charge in [0, 0.05) is 19.2 Å². The van der Waals surface area contributed by atoms with Crippen molar-refractivity contribution >= 4 is 0 Å². The van der Waals surface area contributed by atoms with Crippen LogP contribution in [0.2, 0.25) is 0 Å². The summed E-state index contributed by atoms with van der Waals surface area (Å²) < 4.78 is 5.92. The number of hydrogen-bond donors (Lipinski definition) is 2. The van der Waals surface area contributed by atoms with E-state index in [0.29, 0.717) is 12.1 Å². The molecule has 2 fully saturated rings. The monoisotopic (exact) mass is 254 g/mol. The Morgan fingerprint density at radius 2 is 1.83 bits per heavy atom. The van der Waals surface area contributed by atoms with Gasteiger partial charge in [0.2, 0.25) is 0 Å². The minimum Gasteiger partial charge on any atom is -0.378 e. The predicted molar refractivity (Wildman–Crippen MR) is 76.0 cm³/mol. The SMILES string of the molecule is C1CCC(OCCCNCC2CCCCN2)CC1. The smallest absolute Gasteiger partial charge is 0.0575 e. The third-order valence-corrected chi connectivity index (χ3v) is 4.21. The van der Waals surface area contributed by atoms with Gasteiger partial charge in [-0.3, -0.25) is 0 Å². The standard InChI is InChI=1S/C15H30N2O/c1-2-8-15(9-3-1)18-12-6-10-16-13-14-7-4-5-11-17-14/h14-17H,1-13H2. The molecule has 18 heavy (non-hydrogen) atoms. The number of ether oxygens (including phenoxy) is 1. The number of rotatable bonds is 7. The van der Waals surface area contributed by atoms with Crippen molar-refractivity contribution in [3.63, 3.8) is 0 Å². The highest BCUT2D eigenvalue weighted by atomic mass is 16.5. The molecule has 0 spiro atoms. The molecule has 3 nitrogen and oxygen atoms in total. The minimum atomic E-state index is 0.568. The molecule has 2 aliphatic rings. The molecule has 0 aromatic carbocycles. The van der Waals surface area contributed by atoms with E-state index in [9.17, 15) is 0 Å². The molecule has 1 saturated carbocycles. The first-order valence-corrected chi connectivity index (χ1v) is 8.01. The van der Waals surface area contributed by atoms with Crippen molar-refractivity contribution in [1.29, 1.82) is 0 Å². The Kier molecular flexibility index (Phi) is 7.06. The summed E-state index contributed by atoms with van der Waals surface area (Å²) in [5, 5.41) is 7.12. The second kappa shape index (κ2) is 8.89. The van der Waals surface area contributed by atoms with Gasteiger partial charge in [-0.25, -0.2) is 0 Å². The molecule has 2 rings (SSSR count). The van der Waals surface area contributed by atoms with Gasteiger partial charge in [-0.05, 0) is 45.2 Å². The van der Waals surface area contributed by atoms with Crippen LogP contribution in [-0.2, 0) is 4.74 Å². The summed E-state index contributed by atoms with van der Waals surface area (Å²) in [7, 11) is 0. The van der Waals surface area contributed by atoms with Crippen molar-refractivity contribution in [2.45, 2.75) is 69.9 Å². The highest BCUT2D eigenvalue weighted by Gasteiger charge is 2.13. The molecule has 1 unspecified atom stereocenters. The fourth-order valence-electron chi connectivity index (χ4n) is 3.05. The van der Waals surface area contributed by atoms with Crippen LogP contribution >= 0.6 is 0 Å². The van der Waals surface area contributed by atoms with E-state index in [1.807, 2.05) is 0 Å². The zero-order chi connectivity index (χ0) is 12.5. The van der Waals surface area contributed by atoms with E-state index in [2.05, 4.69) is 10.6 Å². The molecule has 3 heteroatoms. The average Bonchev–Trinajstić information content (AvgIpc) is 2.45. The van der Waals surface area contributed by atoms with Gasteiger partial charge >= 0.3 is 0 Å². The molecule has 1 aliphatic carbocycles. The van der Waals surface area contributed by atoms with E-state index >= 15 is 0 Å². The minimum absolute atomic E-state index is 0.568. The lowest BCUT2D eigenvalue weighted by Gasteiger charge is -2.24. The second-order valence-corrected chi connectivity index (χ2v) is 5.84. The summed E-state index contributed by atoms with van der Waals surface area (Å²) in [4.78, 5) is 0. The molecule has 1 saturated heterocycles. The van der Waals surface area contributed by atoms with Crippen molar-refractivity contribution in [3.8, 4) is 0 Å². The van der Waals surface area contributed by atoms with Gasteiger partial charge in [-0.2, -0.15) is 0 Å². The van der Waals surface area contributed by atoms with Crippen LogP contribution in [0.4, 0.5) is 0 Å². The maximum atomic E-state index is 5.92. The van der Waals surface area contributed by atoms with Gasteiger partial charge < -0.3 is 15.4 Å². The van der Waals surface area contributed by atoms with Crippen molar-refractivity contribution in [1.82, 2.24) is 10.6 Å². The second-order valence-electron chi connectivity index (χ2n) is 5.84. The highest BCUT2D eigenvalue weighted by Crippen LogP contribution is 2.20. The maximum Gasteiger partial charge on any atom is 0.0575 e. The lowest BCUT2D eigenvalue weighted by Crippen LogP contribution is -2.42. The van der Waals surface area contributed by atoms with Crippen LogP contribution < -0.4 is 10.6 Å². The first-order chi connectivity index (χ1) is 8.95. The van der Waals surface area contributed by atoms with E-state index < -0.39 is 0 Å². The highest BCUT2D eigenvalue weighted by molar-refractivity contribution is 4.74. The zero-order valence-corrected chi connectivity index (χ0v) is 11.8. The topological polar surface area (TPSA) is 33.3 Å². The molecule has 0 amide bonds. The molecule has 0 radical (unpaired) electrons. The first-order valence-electron chi connectivity index (χ1n) is 8.01. The fourth-order valence-corrected chi connectivity index (χ4v) is 3.05. The van der Waals surface area contributed by atoms with Crippen LogP contribution in [-0.4, -0.2) is 38.4 Å². The predicted octanol–water partition coefficient (Wildman–Crippen LogP) is 2.46. The van der Waals surface area contributed by atoms with E-state index in [1.54, 1.807) is 0 Å². The normalized spacial score (nSPS) is 26.3. The van der Waals surface area contributed by atoms with Crippen LogP contribution in [0, 0.1) is 0 Å². The van der Waals surface area contributed by atoms with Gasteiger partial charge in [-0.15, -0.1) is 0 Å². The summed E-state index contributed by atoms with van der Waals surface area (Å²) in [5.74, 6) is 0. The molecule has 2 N–H and O–H groups in total. The molecule has 1 atom stereocenters. The van der Waals surface area contributed by atoms with Crippen molar-refractivity contribution in [2.75, 3.05) is 26.2 Å². The van der Waals surface area contributed by atoms with E-state index in [4.69, 9.17) is 4.74 Å². The van der Waals surface area contributed by atoms with Crippen LogP contribution in [0.3, 0.4) is 0 Å². The largest absolute Gasteiger partial charge is 0.378 e. The summed E-state index contributed by atoms with van der Waals surface area (Å²) in [5.41, 5.74) is 0. The molecular formula is C15H30N2O. The van der Waals surface area contributed by atoms with Gasteiger partial charge in [-0.1, -0.05) is 25.7 Å². The number of nitrogens with one attached hydrogen (secondary N) is 2. The zero-order valence-electron chi connectivity index (χ0n) is 11.8. The summed E-state index contributed by atoms with van der Waals surface area (Å²) in [6.45, 7) is 4.38. The van der Waals surface area contributed by atoms with Crippen LogP contribution in [0.15, 0.2) is 0 Å². The van der Waals surface area contributed by atoms with Crippen molar-refractivity contribution < 1.29 is 4.74 Å². The van der Waals surface area contributed by atoms with E-state index in [-0.39, 0.29) is 0 Å². The molecule has 0 aromatic heterocycles. The average molecular weight is 254 g/mol. The number of hydrogen-bond acceptors (Lipinski definition) is 3. The molecule has 1 heterocycles. The van der Waals surface area contributed by atoms with Crippen LogP contribution in [0.1, 0.15) is 57.8 Å². The van der Waals surface area contributed by atoms with Gasteiger partial charge in [0.05, 0.1) is 6.10 Å². The number of piperidine rings is 1. The van der Waals surface area contributed by atoms with Crippen molar-refractivity contribution in [2.24, 2.45) is 0 Å². The Hall–Kier alpha value is -0.120. The van der Waals surface area contributed by atoms with Crippen molar-refractivity contribution in [3.05, 3.63) is 0 Å². The summed E-state index contributed by atoms with van der Waals surface area (Å²) in [6, 6.07) is 0.706. The molecule has 1 aliphatic heterocycles. The Labute approximate surface area is 112 Å². The maximum absolute atomic E-state index is 5.92. The third kappa shape index (κ3) is 5.68. The third-order valence-electron chi connectivity index (χ3n) is 4.21. The summed E-state index contributed by atoms with van der Waals surface area (Å²) in [6.07, 6.45) is 12.5. The molecule has 106 valence electrons. The summed E-state index contributed by atoms with van der Waals surface area (Å²) >= 11 is 0. The van der Waals surface area contributed by atoms with Crippen LogP contribution in [0.25, 0.3) is 0 Å². The van der Waals surface area contributed by atoms with E-state index in [0.717, 1.165) is 26.1 Å². The molecule has 0 aromatic rings. The fraction of sp³-hybridized carbons (Fsp3) is 1.00. The van der Waals surface area contributed by atoms with Gasteiger partial charge in [0.15, 0.2) is 0 Å². The lowest BCUT2D eigenvalue weighted by molar-refractivity contribution is 0.0273. The molecular weight excluding hydrogens is 224 g/mol.